The Morgan fingerprint density at radius 3 is 1.47 bits per heavy atom. The summed E-state index contributed by atoms with van der Waals surface area (Å²) in [5.74, 6) is 1.68. The van der Waals surface area contributed by atoms with Gasteiger partial charge >= 0.3 is 0 Å². The minimum atomic E-state index is 0.538. The Balaban J connectivity index is 1.18. The first-order chi connectivity index (χ1) is 30.7. The molecule has 0 amide bonds. The van der Waals surface area contributed by atoms with Gasteiger partial charge in [-0.3, -0.25) is 4.57 Å². The zero-order valence-electron chi connectivity index (χ0n) is 33.3. The Morgan fingerprint density at radius 1 is 0.339 bits per heavy atom. The first-order valence-electron chi connectivity index (χ1n) is 20.9. The van der Waals surface area contributed by atoms with Crippen LogP contribution in [0.25, 0.3) is 127 Å². The fraction of sp³-hybridized carbons (Fsp3) is 0. The quantitative estimate of drug-likeness (QED) is 0.174. The highest BCUT2D eigenvalue weighted by Gasteiger charge is 2.24. The molecule has 0 fully saturated rings. The van der Waals surface area contributed by atoms with Crippen molar-refractivity contribution < 1.29 is 4.42 Å². The number of para-hydroxylation sites is 1. The second kappa shape index (κ2) is 13.6. The Labute approximate surface area is 355 Å². The van der Waals surface area contributed by atoms with Crippen molar-refractivity contribution in [3.63, 3.8) is 0 Å². The number of benzene rings is 10. The van der Waals surface area contributed by atoms with Crippen LogP contribution in [0.2, 0.25) is 0 Å². The molecule has 0 spiro atoms. The molecule has 10 aromatic carbocycles. The van der Waals surface area contributed by atoms with E-state index in [0.29, 0.717) is 17.6 Å². The first-order valence-corrected chi connectivity index (χ1v) is 20.9. The molecular formula is C57H34N4O. The maximum absolute atomic E-state index is 6.70. The van der Waals surface area contributed by atoms with Crippen molar-refractivity contribution in [2.24, 2.45) is 0 Å². The smallest absolute Gasteiger partial charge is 0.238 e. The maximum Gasteiger partial charge on any atom is 0.238 e. The lowest BCUT2D eigenvalue weighted by Gasteiger charge is -2.14. The monoisotopic (exact) mass is 790 g/mol. The van der Waals surface area contributed by atoms with Gasteiger partial charge in [-0.05, 0) is 91.6 Å². The van der Waals surface area contributed by atoms with Crippen molar-refractivity contribution in [3.8, 4) is 51.0 Å². The highest BCUT2D eigenvalue weighted by Crippen LogP contribution is 2.43. The van der Waals surface area contributed by atoms with Gasteiger partial charge in [0, 0.05) is 38.1 Å². The summed E-state index contributed by atoms with van der Waals surface area (Å²) in [4.78, 5) is 16.5. The van der Waals surface area contributed by atoms with Crippen molar-refractivity contribution in [1.82, 2.24) is 19.5 Å². The zero-order chi connectivity index (χ0) is 40.7. The van der Waals surface area contributed by atoms with E-state index < -0.39 is 0 Å². The van der Waals surface area contributed by atoms with Crippen LogP contribution in [0.3, 0.4) is 0 Å². The minimum Gasteiger partial charge on any atom is -0.455 e. The summed E-state index contributed by atoms with van der Waals surface area (Å²) in [6.07, 6.45) is 0. The molecule has 13 rings (SSSR count). The highest BCUT2D eigenvalue weighted by atomic mass is 16.3. The average Bonchev–Trinajstić information content (AvgIpc) is 3.91. The van der Waals surface area contributed by atoms with Gasteiger partial charge in [-0.15, -0.1) is 0 Å². The lowest BCUT2D eigenvalue weighted by molar-refractivity contribution is 0.672. The molecule has 62 heavy (non-hydrogen) atoms. The van der Waals surface area contributed by atoms with Crippen LogP contribution in [0.5, 0.6) is 0 Å². The molecule has 0 unspecified atom stereocenters. The number of aromatic nitrogens is 4. The average molecular weight is 791 g/mol. The second-order valence-electron chi connectivity index (χ2n) is 16.0. The molecule has 13 aromatic rings. The third-order valence-electron chi connectivity index (χ3n) is 12.4. The van der Waals surface area contributed by atoms with E-state index in [4.69, 9.17) is 19.4 Å². The molecule has 0 saturated carbocycles. The molecule has 0 saturated heterocycles. The molecular weight excluding hydrogens is 757 g/mol. The summed E-state index contributed by atoms with van der Waals surface area (Å²) < 4.78 is 8.93. The van der Waals surface area contributed by atoms with E-state index >= 15 is 0 Å². The van der Waals surface area contributed by atoms with E-state index in [1.54, 1.807) is 0 Å². The summed E-state index contributed by atoms with van der Waals surface area (Å²) in [6.45, 7) is 0. The van der Waals surface area contributed by atoms with Crippen molar-refractivity contribution in [3.05, 3.63) is 206 Å². The normalized spacial score (nSPS) is 11.9. The predicted octanol–water partition coefficient (Wildman–Crippen LogP) is 15.0. The van der Waals surface area contributed by atoms with Crippen LogP contribution in [-0.2, 0) is 0 Å². The van der Waals surface area contributed by atoms with Crippen LogP contribution in [0, 0.1) is 0 Å². The SMILES string of the molecule is c1ccc(-c2cc(-c3ccccc3)cc(-c3nc(-c4cc5ccccc5c5oc6ccccc6c45)nc(-n4c5ccc6ccccc6c5c5c6ccccc6ccc54)n3)c2)cc1. The van der Waals surface area contributed by atoms with Crippen molar-refractivity contribution in [2.45, 2.75) is 0 Å². The molecule has 3 heterocycles. The second-order valence-corrected chi connectivity index (χ2v) is 16.0. The summed E-state index contributed by atoms with van der Waals surface area (Å²) in [5, 5.41) is 11.2. The summed E-state index contributed by atoms with van der Waals surface area (Å²) in [5.41, 5.74) is 9.84. The Kier molecular flexibility index (Phi) is 7.54. The lowest BCUT2D eigenvalue weighted by atomic mass is 9.96. The molecule has 0 N–H and O–H groups in total. The topological polar surface area (TPSA) is 56.7 Å². The Bertz CT molecular complexity index is 3770. The van der Waals surface area contributed by atoms with Gasteiger partial charge in [-0.25, -0.2) is 4.98 Å². The van der Waals surface area contributed by atoms with E-state index in [1.165, 1.54) is 32.3 Å². The molecule has 3 aromatic heterocycles. The van der Waals surface area contributed by atoms with Crippen LogP contribution in [0.15, 0.2) is 211 Å². The number of furan rings is 1. The van der Waals surface area contributed by atoms with Gasteiger partial charge in [0.25, 0.3) is 0 Å². The largest absolute Gasteiger partial charge is 0.455 e. The maximum atomic E-state index is 6.70. The molecule has 0 aliphatic heterocycles. The van der Waals surface area contributed by atoms with Crippen molar-refractivity contribution in [1.29, 1.82) is 0 Å². The predicted molar refractivity (Wildman–Crippen MR) is 256 cm³/mol. The first kappa shape index (κ1) is 34.5. The molecule has 0 bridgehead atoms. The molecule has 0 radical (unpaired) electrons. The summed E-state index contributed by atoms with van der Waals surface area (Å²) >= 11 is 0. The van der Waals surface area contributed by atoms with Gasteiger partial charge in [0.2, 0.25) is 5.95 Å². The molecule has 5 heteroatoms. The number of fused-ring (bicyclic) bond motifs is 12. The van der Waals surface area contributed by atoms with Crippen LogP contribution >= 0.6 is 0 Å². The van der Waals surface area contributed by atoms with Crippen LogP contribution < -0.4 is 0 Å². The Hall–Kier alpha value is -8.41. The van der Waals surface area contributed by atoms with Crippen molar-refractivity contribution >= 4 is 76.1 Å². The summed E-state index contributed by atoms with van der Waals surface area (Å²) in [6, 6.07) is 72.7. The number of hydrogen-bond acceptors (Lipinski definition) is 4. The molecule has 0 atom stereocenters. The number of nitrogens with zero attached hydrogens (tertiary/aromatic N) is 4. The van der Waals surface area contributed by atoms with E-state index in [9.17, 15) is 0 Å². The fourth-order valence-corrected chi connectivity index (χ4v) is 9.57. The van der Waals surface area contributed by atoms with Gasteiger partial charge in [0.05, 0.1) is 11.0 Å². The van der Waals surface area contributed by atoms with Gasteiger partial charge in [0.1, 0.15) is 11.2 Å². The number of hydrogen-bond donors (Lipinski definition) is 0. The van der Waals surface area contributed by atoms with Crippen LogP contribution in [0.1, 0.15) is 0 Å². The third kappa shape index (κ3) is 5.32. The zero-order valence-corrected chi connectivity index (χ0v) is 33.3. The van der Waals surface area contributed by atoms with Gasteiger partial charge in [-0.2, -0.15) is 9.97 Å². The lowest BCUT2D eigenvalue weighted by Crippen LogP contribution is -2.07. The molecule has 5 nitrogen and oxygen atoms in total. The van der Waals surface area contributed by atoms with E-state index in [1.807, 2.05) is 12.1 Å². The molecule has 0 aliphatic carbocycles. The standard InChI is InChI=1S/C57H34N4O/c1-3-15-35(16-4-1)40-31-41(36-17-5-2-6-18-36)33-42(32-40)55-58-56(47-34-39-21-9-12-24-45(39)54-51(47)46-25-13-14-26-50(46)62-54)60-57(59-55)61-48-29-27-37-19-7-10-22-43(37)52(48)53-44-23-11-8-20-38(44)28-30-49(53)61/h1-34H. The van der Waals surface area contributed by atoms with E-state index in [-0.39, 0.29) is 0 Å². The minimum absolute atomic E-state index is 0.538. The van der Waals surface area contributed by atoms with Crippen molar-refractivity contribution in [2.75, 3.05) is 0 Å². The molecule has 288 valence electrons. The van der Waals surface area contributed by atoms with Gasteiger partial charge in [-0.1, -0.05) is 164 Å². The van der Waals surface area contributed by atoms with Gasteiger partial charge in [0.15, 0.2) is 11.6 Å². The van der Waals surface area contributed by atoms with Crippen LogP contribution in [-0.4, -0.2) is 19.5 Å². The molecule has 0 aliphatic rings. The van der Waals surface area contributed by atoms with E-state index in [0.717, 1.165) is 77.1 Å². The third-order valence-corrected chi connectivity index (χ3v) is 12.4. The number of rotatable bonds is 5. The van der Waals surface area contributed by atoms with Crippen LogP contribution in [0.4, 0.5) is 0 Å². The van der Waals surface area contributed by atoms with Gasteiger partial charge < -0.3 is 4.42 Å². The summed E-state index contributed by atoms with van der Waals surface area (Å²) in [7, 11) is 0. The fourth-order valence-electron chi connectivity index (χ4n) is 9.57. The highest BCUT2D eigenvalue weighted by molar-refractivity contribution is 6.28. The van der Waals surface area contributed by atoms with E-state index in [2.05, 4.69) is 199 Å². The Morgan fingerprint density at radius 2 is 0.839 bits per heavy atom.